The minimum Gasteiger partial charge on any atom is -0.357 e. The van der Waals surface area contributed by atoms with Crippen LogP contribution in [0.5, 0.6) is 0 Å². The molecule has 3 rings (SSSR count). The van der Waals surface area contributed by atoms with Gasteiger partial charge in [0.25, 0.3) is 0 Å². The monoisotopic (exact) mass is 202 g/mol. The fourth-order valence-corrected chi connectivity index (χ4v) is 2.53. The van der Waals surface area contributed by atoms with Crippen LogP contribution in [-0.4, -0.2) is 25.0 Å². The number of carbonyl (C=O) groups is 1. The molecule has 1 aromatic rings. The summed E-state index contributed by atoms with van der Waals surface area (Å²) in [5, 5.41) is 2.92. The fraction of sp³-hybridized carbons (Fsp3) is 0.417. The second kappa shape index (κ2) is 2.99. The Balaban J connectivity index is 2.05. The van der Waals surface area contributed by atoms with Gasteiger partial charge in [-0.05, 0) is 24.1 Å². The first kappa shape index (κ1) is 8.77. The largest absolute Gasteiger partial charge is 0.357 e. The Morgan fingerprint density at radius 1 is 1.47 bits per heavy atom. The average molecular weight is 202 g/mol. The summed E-state index contributed by atoms with van der Waals surface area (Å²) in [7, 11) is 0. The van der Waals surface area contributed by atoms with Gasteiger partial charge in [-0.15, -0.1) is 0 Å². The highest BCUT2D eigenvalue weighted by Crippen LogP contribution is 2.33. The standard InChI is InChI=1S/C12H14N2O/c1-8-2-3-9-7-11-12(15)13-4-5-14(11)10(9)6-8/h2-3,6,11H,4-5,7H2,1H3,(H,13,15). The van der Waals surface area contributed by atoms with Gasteiger partial charge in [-0.25, -0.2) is 0 Å². The van der Waals surface area contributed by atoms with E-state index in [9.17, 15) is 4.79 Å². The zero-order valence-corrected chi connectivity index (χ0v) is 8.79. The molecule has 78 valence electrons. The van der Waals surface area contributed by atoms with Crippen LogP contribution in [0.2, 0.25) is 0 Å². The van der Waals surface area contributed by atoms with Gasteiger partial charge in [0, 0.05) is 25.2 Å². The van der Waals surface area contributed by atoms with E-state index in [0.29, 0.717) is 0 Å². The van der Waals surface area contributed by atoms with E-state index in [1.54, 1.807) is 0 Å². The van der Waals surface area contributed by atoms with E-state index in [2.05, 4.69) is 35.3 Å². The molecule has 0 aromatic heterocycles. The second-order valence-electron chi connectivity index (χ2n) is 4.34. The average Bonchev–Trinajstić information content (AvgIpc) is 2.58. The minimum absolute atomic E-state index is 0.0375. The van der Waals surface area contributed by atoms with E-state index in [4.69, 9.17) is 0 Å². The Morgan fingerprint density at radius 2 is 2.33 bits per heavy atom. The summed E-state index contributed by atoms with van der Waals surface area (Å²) in [4.78, 5) is 13.9. The van der Waals surface area contributed by atoms with E-state index >= 15 is 0 Å². The van der Waals surface area contributed by atoms with Crippen LogP contribution >= 0.6 is 0 Å². The number of rotatable bonds is 0. The number of piperazine rings is 1. The topological polar surface area (TPSA) is 32.3 Å². The predicted molar refractivity (Wildman–Crippen MR) is 59.0 cm³/mol. The number of nitrogens with zero attached hydrogens (tertiary/aromatic N) is 1. The number of anilines is 1. The van der Waals surface area contributed by atoms with Crippen molar-refractivity contribution in [3.8, 4) is 0 Å². The van der Waals surface area contributed by atoms with Gasteiger partial charge in [0.15, 0.2) is 0 Å². The molecule has 1 atom stereocenters. The molecule has 0 radical (unpaired) electrons. The molecule has 2 heterocycles. The van der Waals surface area contributed by atoms with E-state index in [1.165, 1.54) is 16.8 Å². The number of hydrogen-bond donors (Lipinski definition) is 1. The molecular weight excluding hydrogens is 188 g/mol. The summed E-state index contributed by atoms with van der Waals surface area (Å²) in [6.07, 6.45) is 0.863. The molecule has 0 spiro atoms. The van der Waals surface area contributed by atoms with Crippen molar-refractivity contribution in [1.29, 1.82) is 0 Å². The van der Waals surface area contributed by atoms with Crippen LogP contribution < -0.4 is 10.2 Å². The lowest BCUT2D eigenvalue weighted by Gasteiger charge is -2.31. The van der Waals surface area contributed by atoms with Crippen LogP contribution in [0.25, 0.3) is 0 Å². The summed E-state index contributed by atoms with van der Waals surface area (Å²) >= 11 is 0. The first-order valence-corrected chi connectivity index (χ1v) is 5.39. The van der Waals surface area contributed by atoms with E-state index < -0.39 is 0 Å². The molecule has 2 aliphatic rings. The molecule has 1 fully saturated rings. The molecule has 0 saturated carbocycles. The number of fused-ring (bicyclic) bond motifs is 3. The highest BCUT2D eigenvalue weighted by Gasteiger charge is 2.36. The molecule has 15 heavy (non-hydrogen) atoms. The van der Waals surface area contributed by atoms with Gasteiger partial charge in [-0.3, -0.25) is 4.79 Å². The van der Waals surface area contributed by atoms with Crippen molar-refractivity contribution < 1.29 is 4.79 Å². The summed E-state index contributed by atoms with van der Waals surface area (Å²) in [6, 6.07) is 6.50. The Morgan fingerprint density at radius 3 is 3.20 bits per heavy atom. The summed E-state index contributed by atoms with van der Waals surface area (Å²) < 4.78 is 0. The zero-order chi connectivity index (χ0) is 10.4. The van der Waals surface area contributed by atoms with Crippen LogP contribution in [0.3, 0.4) is 0 Å². The molecular formula is C12H14N2O. The van der Waals surface area contributed by atoms with E-state index in [1.807, 2.05) is 0 Å². The Hall–Kier alpha value is -1.51. The van der Waals surface area contributed by atoms with E-state index in [-0.39, 0.29) is 11.9 Å². The SMILES string of the molecule is Cc1ccc2c(c1)N1CCNC(=O)C1C2. The molecule has 0 aliphatic carbocycles. The summed E-state index contributed by atoms with van der Waals surface area (Å²) in [5.41, 5.74) is 3.83. The summed E-state index contributed by atoms with van der Waals surface area (Å²) in [6.45, 7) is 3.80. The minimum atomic E-state index is 0.0375. The third kappa shape index (κ3) is 1.23. The highest BCUT2D eigenvalue weighted by atomic mass is 16.2. The lowest BCUT2D eigenvalue weighted by atomic mass is 10.1. The van der Waals surface area contributed by atoms with Crippen LogP contribution in [0.4, 0.5) is 5.69 Å². The van der Waals surface area contributed by atoms with Gasteiger partial charge in [0.05, 0.1) is 0 Å². The normalized spacial score (nSPS) is 23.4. The molecule has 1 N–H and O–H groups in total. The van der Waals surface area contributed by atoms with Crippen molar-refractivity contribution in [2.45, 2.75) is 19.4 Å². The molecule has 1 unspecified atom stereocenters. The van der Waals surface area contributed by atoms with Gasteiger partial charge in [0.2, 0.25) is 5.91 Å². The van der Waals surface area contributed by atoms with Crippen LogP contribution in [0.1, 0.15) is 11.1 Å². The maximum Gasteiger partial charge on any atom is 0.243 e. The van der Waals surface area contributed by atoms with Gasteiger partial charge >= 0.3 is 0 Å². The quantitative estimate of drug-likeness (QED) is 0.676. The molecule has 1 aromatic carbocycles. The molecule has 0 bridgehead atoms. The smallest absolute Gasteiger partial charge is 0.243 e. The van der Waals surface area contributed by atoms with Crippen molar-refractivity contribution in [3.05, 3.63) is 29.3 Å². The Labute approximate surface area is 89.1 Å². The predicted octanol–water partition coefficient (Wildman–Crippen LogP) is 0.856. The van der Waals surface area contributed by atoms with Crippen molar-refractivity contribution >= 4 is 11.6 Å². The molecule has 1 amide bonds. The lowest BCUT2D eigenvalue weighted by Crippen LogP contribution is -2.53. The number of benzene rings is 1. The lowest BCUT2D eigenvalue weighted by molar-refractivity contribution is -0.123. The third-order valence-electron chi connectivity index (χ3n) is 3.29. The second-order valence-corrected chi connectivity index (χ2v) is 4.34. The fourth-order valence-electron chi connectivity index (χ4n) is 2.53. The van der Waals surface area contributed by atoms with Gasteiger partial charge in [-0.2, -0.15) is 0 Å². The van der Waals surface area contributed by atoms with Crippen LogP contribution in [0, 0.1) is 6.92 Å². The van der Waals surface area contributed by atoms with Crippen molar-refractivity contribution in [1.82, 2.24) is 5.32 Å². The van der Waals surface area contributed by atoms with Crippen molar-refractivity contribution in [3.63, 3.8) is 0 Å². The molecule has 1 saturated heterocycles. The third-order valence-corrected chi connectivity index (χ3v) is 3.29. The van der Waals surface area contributed by atoms with Gasteiger partial charge in [-0.1, -0.05) is 12.1 Å². The Bertz CT molecular complexity index is 428. The number of hydrogen-bond acceptors (Lipinski definition) is 2. The van der Waals surface area contributed by atoms with Gasteiger partial charge < -0.3 is 10.2 Å². The number of carbonyl (C=O) groups excluding carboxylic acids is 1. The van der Waals surface area contributed by atoms with Gasteiger partial charge in [0.1, 0.15) is 6.04 Å². The first-order valence-electron chi connectivity index (χ1n) is 5.39. The number of aryl methyl sites for hydroxylation is 1. The van der Waals surface area contributed by atoms with Crippen molar-refractivity contribution in [2.75, 3.05) is 18.0 Å². The van der Waals surface area contributed by atoms with Crippen LogP contribution in [0.15, 0.2) is 18.2 Å². The zero-order valence-electron chi connectivity index (χ0n) is 8.79. The number of amides is 1. The molecule has 3 nitrogen and oxygen atoms in total. The Kier molecular flexibility index (Phi) is 1.75. The number of nitrogens with one attached hydrogen (secondary N) is 1. The van der Waals surface area contributed by atoms with E-state index in [0.717, 1.165) is 19.5 Å². The molecule has 2 aliphatic heterocycles. The summed E-state index contributed by atoms with van der Waals surface area (Å²) in [5.74, 6) is 0.176. The highest BCUT2D eigenvalue weighted by molar-refractivity contribution is 5.89. The van der Waals surface area contributed by atoms with Crippen LogP contribution in [-0.2, 0) is 11.2 Å². The molecule has 3 heteroatoms. The first-order chi connectivity index (χ1) is 7.25. The maximum atomic E-state index is 11.7. The maximum absolute atomic E-state index is 11.7. The van der Waals surface area contributed by atoms with Crippen molar-refractivity contribution in [2.24, 2.45) is 0 Å².